The molecule has 4 aliphatic carbocycles. The van der Waals surface area contributed by atoms with Crippen molar-refractivity contribution in [3.05, 3.63) is 23.8 Å². The molecular formula is C41H67N5O5. The Labute approximate surface area is 306 Å². The fourth-order valence-corrected chi connectivity index (χ4v) is 12.7. The molecule has 51 heavy (non-hydrogen) atoms. The first kappa shape index (κ1) is 38.4. The van der Waals surface area contributed by atoms with E-state index >= 15 is 0 Å². The van der Waals surface area contributed by atoms with E-state index in [1.54, 1.807) is 4.68 Å². The van der Waals surface area contributed by atoms with Gasteiger partial charge < -0.3 is 25.6 Å². The highest BCUT2D eigenvalue weighted by molar-refractivity contribution is 5.89. The summed E-state index contributed by atoms with van der Waals surface area (Å²) in [6.07, 6.45) is 8.94. The molecule has 1 saturated heterocycles. The van der Waals surface area contributed by atoms with Gasteiger partial charge in [-0.25, -0.2) is 9.67 Å². The average Bonchev–Trinajstić information content (AvgIpc) is 3.54. The summed E-state index contributed by atoms with van der Waals surface area (Å²) in [5.74, 6) is -0.343. The maximum Gasteiger partial charge on any atom is 0.307 e. The quantitative estimate of drug-likeness (QED) is 0.235. The number of likely N-dealkylation sites (N-methyl/N-ethyl adjacent to an activating group) is 1. The number of nitrogens with zero attached hydrogens (tertiary/aromatic N) is 3. The number of aromatic nitrogens is 3. The van der Waals surface area contributed by atoms with E-state index < -0.39 is 23.2 Å². The normalized spacial score (nSPS) is 42.5. The molecule has 1 aromatic heterocycles. The van der Waals surface area contributed by atoms with Crippen molar-refractivity contribution in [2.45, 2.75) is 132 Å². The number of rotatable bonds is 9. The first-order chi connectivity index (χ1) is 23.6. The number of primary amides is 1. The molecule has 4 N–H and O–H groups in total. The Morgan fingerprint density at radius 1 is 1.10 bits per heavy atom. The van der Waals surface area contributed by atoms with Crippen molar-refractivity contribution in [1.29, 1.82) is 0 Å². The minimum absolute atomic E-state index is 0.0881. The van der Waals surface area contributed by atoms with Crippen molar-refractivity contribution >= 4 is 11.9 Å². The van der Waals surface area contributed by atoms with Crippen LogP contribution in [0.1, 0.15) is 131 Å². The van der Waals surface area contributed by atoms with Crippen LogP contribution in [0.15, 0.2) is 18.0 Å². The fourth-order valence-electron chi connectivity index (χ4n) is 12.7. The van der Waals surface area contributed by atoms with Crippen molar-refractivity contribution in [3.8, 4) is 0 Å². The number of carboxylic acid groups (broad SMARTS) is 1. The Balaban J connectivity index is 1.47. The van der Waals surface area contributed by atoms with Crippen molar-refractivity contribution in [1.82, 2.24) is 20.1 Å². The molecule has 10 nitrogen and oxygen atoms in total. The van der Waals surface area contributed by atoms with Crippen LogP contribution in [0, 0.1) is 62.1 Å². The third-order valence-corrected chi connectivity index (χ3v) is 17.0. The van der Waals surface area contributed by atoms with E-state index in [0.717, 1.165) is 32.1 Å². The van der Waals surface area contributed by atoms with Gasteiger partial charge in [0.15, 0.2) is 0 Å². The lowest BCUT2D eigenvalue weighted by atomic mass is 9.34. The van der Waals surface area contributed by atoms with Gasteiger partial charge in [0.25, 0.3) is 5.91 Å². The number of hydrogen-bond donors (Lipinski definition) is 3. The highest BCUT2D eigenvalue weighted by Gasteiger charge is 2.72. The summed E-state index contributed by atoms with van der Waals surface area (Å²) in [5, 5.41) is 19.3. The molecule has 1 amide bonds. The van der Waals surface area contributed by atoms with Gasteiger partial charge in [0.2, 0.25) is 5.82 Å². The van der Waals surface area contributed by atoms with Gasteiger partial charge in [0.05, 0.1) is 37.9 Å². The van der Waals surface area contributed by atoms with Crippen LogP contribution in [0.5, 0.6) is 0 Å². The number of carbonyl (C=O) groups excluding carboxylic acids is 1. The Bertz CT molecular complexity index is 1570. The Morgan fingerprint density at radius 2 is 1.78 bits per heavy atom. The third-order valence-electron chi connectivity index (χ3n) is 17.0. The van der Waals surface area contributed by atoms with Gasteiger partial charge in [-0.1, -0.05) is 80.9 Å². The van der Waals surface area contributed by atoms with Gasteiger partial charge in [-0.2, -0.15) is 5.10 Å². The van der Waals surface area contributed by atoms with Crippen LogP contribution in [-0.4, -0.2) is 70.3 Å². The number of carboxylic acids is 1. The Morgan fingerprint density at radius 3 is 2.37 bits per heavy atom. The summed E-state index contributed by atoms with van der Waals surface area (Å²) in [4.78, 5) is 30.6. The predicted molar refractivity (Wildman–Crippen MR) is 198 cm³/mol. The molecule has 286 valence electrons. The van der Waals surface area contributed by atoms with Crippen molar-refractivity contribution in [2.75, 3.05) is 26.9 Å². The van der Waals surface area contributed by atoms with Gasteiger partial charge in [-0.05, 0) is 97.8 Å². The Kier molecular flexibility index (Phi) is 9.32. The highest BCUT2D eigenvalue weighted by Crippen LogP contribution is 2.75. The van der Waals surface area contributed by atoms with E-state index in [1.165, 1.54) is 11.9 Å². The van der Waals surface area contributed by atoms with Crippen LogP contribution in [0.4, 0.5) is 0 Å². The number of allylic oxidation sites excluding steroid dienone is 1. The smallest absolute Gasteiger partial charge is 0.307 e. The molecule has 12 atom stereocenters. The van der Waals surface area contributed by atoms with Gasteiger partial charge in [-0.3, -0.25) is 9.59 Å². The van der Waals surface area contributed by atoms with Gasteiger partial charge >= 0.3 is 5.97 Å². The molecule has 2 heterocycles. The first-order valence-electron chi connectivity index (χ1n) is 19.6. The zero-order valence-electron chi connectivity index (χ0n) is 33.6. The van der Waals surface area contributed by atoms with Crippen LogP contribution in [-0.2, 0) is 14.3 Å². The summed E-state index contributed by atoms with van der Waals surface area (Å²) in [5.41, 5.74) is 5.36. The van der Waals surface area contributed by atoms with Crippen molar-refractivity contribution < 1.29 is 24.2 Å². The third kappa shape index (κ3) is 5.25. The molecule has 6 rings (SSSR count). The van der Waals surface area contributed by atoms with Crippen LogP contribution in [0.2, 0.25) is 0 Å². The van der Waals surface area contributed by atoms with Gasteiger partial charge in [0, 0.05) is 16.4 Å². The molecule has 0 radical (unpaired) electrons. The molecule has 0 aromatic carbocycles. The number of nitrogens with one attached hydrogen (secondary N) is 1. The summed E-state index contributed by atoms with van der Waals surface area (Å²) < 4.78 is 15.6. The number of ether oxygens (including phenoxy) is 2. The maximum absolute atomic E-state index is 13.5. The van der Waals surface area contributed by atoms with E-state index in [4.69, 9.17) is 15.2 Å². The lowest BCUT2D eigenvalue weighted by Gasteiger charge is -2.71. The van der Waals surface area contributed by atoms with Gasteiger partial charge in [0.1, 0.15) is 6.33 Å². The van der Waals surface area contributed by atoms with Crippen LogP contribution >= 0.6 is 0 Å². The second kappa shape index (κ2) is 12.4. The lowest BCUT2D eigenvalue weighted by Crippen LogP contribution is -2.69. The zero-order valence-corrected chi connectivity index (χ0v) is 33.6. The number of amides is 1. The number of fused-ring (bicyclic) bond motifs is 3. The molecule has 1 aromatic rings. The molecule has 0 spiro atoms. The number of hydrogen-bond acceptors (Lipinski definition) is 7. The molecule has 5 aliphatic rings. The van der Waals surface area contributed by atoms with Crippen LogP contribution in [0.25, 0.3) is 0 Å². The van der Waals surface area contributed by atoms with Crippen LogP contribution < -0.4 is 11.1 Å². The minimum atomic E-state index is -0.651. The number of nitrogens with two attached hydrogens (primary N) is 1. The fraction of sp³-hybridized carbons (Fsp3) is 0.854. The highest BCUT2D eigenvalue weighted by atomic mass is 16.5. The summed E-state index contributed by atoms with van der Waals surface area (Å²) >= 11 is 0. The second-order valence-corrected chi connectivity index (χ2v) is 20.1. The molecule has 2 bridgehead atoms. The summed E-state index contributed by atoms with van der Waals surface area (Å²) in [6, 6.07) is -0.296. The molecule has 1 aliphatic heterocycles. The number of aliphatic carboxylic acids is 1. The molecule has 10 heteroatoms. The maximum atomic E-state index is 13.5. The summed E-state index contributed by atoms with van der Waals surface area (Å²) in [6.45, 7) is 26.5. The lowest BCUT2D eigenvalue weighted by molar-refractivity contribution is -0.254. The molecule has 4 fully saturated rings. The largest absolute Gasteiger partial charge is 0.481 e. The second-order valence-electron chi connectivity index (χ2n) is 20.1. The van der Waals surface area contributed by atoms with Crippen molar-refractivity contribution in [2.24, 2.45) is 67.8 Å². The molecule has 3 saturated carbocycles. The SMILES string of the molecule is CN[C@@](C)(CO[C@H]1[C@H](n2ncnc2C(N)=O)CC23COC[C@@]1(C)[C@@H]2CC[C@H]1C3=CC[C@@]2(C)[C@H](C(=O)O)[C@@](C)([C@H](C)C(C)C)CC[C@]12C)C(C)(C)C. The van der Waals surface area contributed by atoms with Gasteiger partial charge in [-0.15, -0.1) is 0 Å². The monoisotopic (exact) mass is 710 g/mol. The zero-order chi connectivity index (χ0) is 37.7. The Hall–Kier alpha value is -2.30. The summed E-state index contributed by atoms with van der Waals surface area (Å²) in [7, 11) is 1.99. The van der Waals surface area contributed by atoms with E-state index in [2.05, 4.69) is 97.6 Å². The van der Waals surface area contributed by atoms with Crippen molar-refractivity contribution in [3.63, 3.8) is 0 Å². The first-order valence-corrected chi connectivity index (χ1v) is 19.6. The van der Waals surface area contributed by atoms with E-state index in [-0.39, 0.29) is 68.3 Å². The number of carbonyl (C=O) groups is 2. The van der Waals surface area contributed by atoms with E-state index in [0.29, 0.717) is 32.2 Å². The molecule has 1 unspecified atom stereocenters. The van der Waals surface area contributed by atoms with E-state index in [9.17, 15) is 14.7 Å². The van der Waals surface area contributed by atoms with E-state index in [1.807, 2.05) is 7.05 Å². The standard InChI is InChI=1S/C41H67N5O5/c1-24(2)25(3)36(7)17-18-38(9)26-13-14-29-37(8)20-50-22-41(29,27(26)15-16-39(38,10)30(36)34(48)49)19-28(46-33(32(42)47)44-23-45-46)31(37)51-21-40(11,43-12)35(4,5)6/h15,23-26,28-31,43H,13-14,16-22H2,1-12H3,(H2,42,47)(H,48,49)/t25-,26+,28-,29+,30-,31+,36-,37+,38-,39+,40+,41?/m1/s1. The minimum Gasteiger partial charge on any atom is -0.481 e. The average molecular weight is 710 g/mol. The molecular weight excluding hydrogens is 642 g/mol. The van der Waals surface area contributed by atoms with Crippen LogP contribution in [0.3, 0.4) is 0 Å². The predicted octanol–water partition coefficient (Wildman–Crippen LogP) is 6.92. The topological polar surface area (TPSA) is 142 Å².